The molecule has 2 N–H and O–H groups in total. The van der Waals surface area contributed by atoms with Gasteiger partial charge in [-0.25, -0.2) is 21.6 Å². The molecule has 0 bridgehead atoms. The van der Waals surface area contributed by atoms with Crippen LogP contribution in [0.1, 0.15) is 23.2 Å². The number of rotatable bonds is 6. The molecule has 1 fully saturated rings. The van der Waals surface area contributed by atoms with Gasteiger partial charge in [0.1, 0.15) is 4.90 Å². The monoisotopic (exact) mass is 414 g/mol. The molecule has 6 nitrogen and oxygen atoms in total. The number of benzene rings is 2. The maximum Gasteiger partial charge on any atom is 0.264 e. The van der Waals surface area contributed by atoms with Crippen LogP contribution in [0, 0.1) is 17.5 Å². The van der Waals surface area contributed by atoms with Crippen LogP contribution in [0.3, 0.4) is 0 Å². The molecule has 1 heterocycles. The Morgan fingerprint density at radius 3 is 2.57 bits per heavy atom. The number of carbonyl (C=O) groups is 1. The van der Waals surface area contributed by atoms with Crippen LogP contribution in [-0.4, -0.2) is 33.6 Å². The van der Waals surface area contributed by atoms with Gasteiger partial charge in [-0.2, -0.15) is 0 Å². The minimum atomic E-state index is -4.61. The summed E-state index contributed by atoms with van der Waals surface area (Å²) in [5, 5.41) is 2.65. The van der Waals surface area contributed by atoms with Crippen LogP contribution in [0.4, 0.5) is 18.9 Å². The second kappa shape index (κ2) is 8.19. The summed E-state index contributed by atoms with van der Waals surface area (Å²) in [4.78, 5) is 11.4. The second-order valence-electron chi connectivity index (χ2n) is 6.17. The Labute approximate surface area is 159 Å². The number of amides is 1. The van der Waals surface area contributed by atoms with E-state index < -0.39 is 38.3 Å². The van der Waals surface area contributed by atoms with Crippen molar-refractivity contribution in [1.82, 2.24) is 5.32 Å². The van der Waals surface area contributed by atoms with E-state index in [-0.39, 0.29) is 23.9 Å². The molecule has 28 heavy (non-hydrogen) atoms. The molecule has 0 unspecified atom stereocenters. The largest absolute Gasteiger partial charge is 0.376 e. The molecule has 0 radical (unpaired) electrons. The number of nitrogens with one attached hydrogen (secondary N) is 2. The molecule has 2 aromatic carbocycles. The topological polar surface area (TPSA) is 84.5 Å². The number of halogens is 3. The second-order valence-corrected chi connectivity index (χ2v) is 7.82. The van der Waals surface area contributed by atoms with E-state index in [1.807, 2.05) is 0 Å². The Morgan fingerprint density at radius 1 is 1.11 bits per heavy atom. The Morgan fingerprint density at radius 2 is 1.86 bits per heavy atom. The smallest absolute Gasteiger partial charge is 0.264 e. The highest BCUT2D eigenvalue weighted by Gasteiger charge is 2.26. The third kappa shape index (κ3) is 4.28. The number of hydrogen-bond acceptors (Lipinski definition) is 4. The lowest BCUT2D eigenvalue weighted by Gasteiger charge is -2.15. The van der Waals surface area contributed by atoms with Crippen molar-refractivity contribution in [2.45, 2.75) is 23.8 Å². The zero-order chi connectivity index (χ0) is 20.3. The first-order valence-electron chi connectivity index (χ1n) is 8.45. The van der Waals surface area contributed by atoms with Crippen molar-refractivity contribution in [2.24, 2.45) is 0 Å². The summed E-state index contributed by atoms with van der Waals surface area (Å²) >= 11 is 0. The van der Waals surface area contributed by atoms with Crippen molar-refractivity contribution < 1.29 is 31.1 Å². The van der Waals surface area contributed by atoms with Gasteiger partial charge in [-0.3, -0.25) is 9.52 Å². The molecule has 0 spiro atoms. The zero-order valence-corrected chi connectivity index (χ0v) is 15.4. The Balaban J connectivity index is 1.82. The predicted molar refractivity (Wildman–Crippen MR) is 94.9 cm³/mol. The van der Waals surface area contributed by atoms with E-state index in [9.17, 15) is 26.4 Å². The van der Waals surface area contributed by atoms with Crippen molar-refractivity contribution in [2.75, 3.05) is 17.9 Å². The lowest BCUT2D eigenvalue weighted by molar-refractivity contribution is 0.0858. The lowest BCUT2D eigenvalue weighted by atomic mass is 10.1. The Hall–Kier alpha value is -2.59. The summed E-state index contributed by atoms with van der Waals surface area (Å²) in [6.07, 6.45) is 1.60. The number of para-hydroxylation sites is 1. The molecule has 1 saturated heterocycles. The van der Waals surface area contributed by atoms with E-state index in [1.165, 1.54) is 24.3 Å². The van der Waals surface area contributed by atoms with Gasteiger partial charge in [-0.05, 0) is 37.1 Å². The fraction of sp³-hybridized carbons (Fsp3) is 0.278. The van der Waals surface area contributed by atoms with Crippen LogP contribution in [0.5, 0.6) is 0 Å². The highest BCUT2D eigenvalue weighted by Crippen LogP contribution is 2.24. The molecule has 0 aliphatic carbocycles. The summed E-state index contributed by atoms with van der Waals surface area (Å²) in [5.41, 5.74) is -0.136. The lowest BCUT2D eigenvalue weighted by Crippen LogP contribution is -2.32. The van der Waals surface area contributed by atoms with Crippen molar-refractivity contribution in [1.29, 1.82) is 0 Å². The minimum Gasteiger partial charge on any atom is -0.376 e. The average molecular weight is 414 g/mol. The van der Waals surface area contributed by atoms with Crippen LogP contribution >= 0.6 is 0 Å². The van der Waals surface area contributed by atoms with Gasteiger partial charge in [-0.1, -0.05) is 12.1 Å². The molecular formula is C18H17F3N2O4S. The summed E-state index contributed by atoms with van der Waals surface area (Å²) < 4.78 is 72.7. The minimum absolute atomic E-state index is 0.00735. The molecule has 1 aliphatic heterocycles. The number of anilines is 1. The van der Waals surface area contributed by atoms with Crippen LogP contribution in [-0.2, 0) is 14.8 Å². The van der Waals surface area contributed by atoms with Gasteiger partial charge < -0.3 is 10.1 Å². The molecule has 150 valence electrons. The quantitative estimate of drug-likeness (QED) is 0.712. The first-order valence-corrected chi connectivity index (χ1v) is 9.93. The standard InChI is InChI=1S/C18H17F3N2O4S/c19-13-7-8-15(17(21)16(13)20)28(25,26)23-14-6-2-1-5-12(14)18(24)22-10-11-4-3-9-27-11/h1-2,5-8,11,23H,3-4,9-10H2,(H,22,24)/t11-/m1/s1. The van der Waals surface area contributed by atoms with Gasteiger partial charge in [0.25, 0.3) is 15.9 Å². The van der Waals surface area contributed by atoms with Crippen LogP contribution in [0.25, 0.3) is 0 Å². The SMILES string of the molecule is O=C(NC[C@H]1CCCO1)c1ccccc1NS(=O)(=O)c1ccc(F)c(F)c1F. The third-order valence-corrected chi connectivity index (χ3v) is 5.60. The van der Waals surface area contributed by atoms with Crippen molar-refractivity contribution in [3.8, 4) is 0 Å². The Bertz CT molecular complexity index is 992. The van der Waals surface area contributed by atoms with Crippen molar-refractivity contribution in [3.05, 3.63) is 59.4 Å². The molecule has 2 aromatic rings. The summed E-state index contributed by atoms with van der Waals surface area (Å²) in [7, 11) is -4.61. The number of hydrogen-bond donors (Lipinski definition) is 2. The molecule has 0 aromatic heterocycles. The van der Waals surface area contributed by atoms with E-state index >= 15 is 0 Å². The maximum atomic E-state index is 13.9. The number of ether oxygens (including phenoxy) is 1. The molecule has 1 aliphatic rings. The van der Waals surface area contributed by atoms with Gasteiger partial charge in [0.15, 0.2) is 17.5 Å². The summed E-state index contributed by atoms with van der Waals surface area (Å²) in [6, 6.07) is 6.79. The summed E-state index contributed by atoms with van der Waals surface area (Å²) in [6.45, 7) is 0.883. The highest BCUT2D eigenvalue weighted by atomic mass is 32.2. The van der Waals surface area contributed by atoms with Gasteiger partial charge in [-0.15, -0.1) is 0 Å². The van der Waals surface area contributed by atoms with Gasteiger partial charge >= 0.3 is 0 Å². The van der Waals surface area contributed by atoms with E-state index in [1.54, 1.807) is 0 Å². The average Bonchev–Trinajstić information content (AvgIpc) is 3.18. The predicted octanol–water partition coefficient (Wildman–Crippen LogP) is 2.81. The van der Waals surface area contributed by atoms with Crippen LogP contribution in [0.2, 0.25) is 0 Å². The van der Waals surface area contributed by atoms with Gasteiger partial charge in [0.2, 0.25) is 0 Å². The third-order valence-electron chi connectivity index (χ3n) is 4.22. The Kier molecular flexibility index (Phi) is 5.90. The van der Waals surface area contributed by atoms with Crippen molar-refractivity contribution in [3.63, 3.8) is 0 Å². The molecule has 1 atom stereocenters. The molecule has 0 saturated carbocycles. The first-order chi connectivity index (χ1) is 13.3. The molecule has 10 heteroatoms. The van der Waals surface area contributed by atoms with E-state index in [4.69, 9.17) is 4.74 Å². The molecule has 3 rings (SSSR count). The summed E-state index contributed by atoms with van der Waals surface area (Å²) in [5.74, 6) is -5.80. The fourth-order valence-corrected chi connectivity index (χ4v) is 3.94. The van der Waals surface area contributed by atoms with Crippen LogP contribution < -0.4 is 10.0 Å². The molecule has 1 amide bonds. The van der Waals surface area contributed by atoms with Crippen LogP contribution in [0.15, 0.2) is 41.3 Å². The molecular weight excluding hydrogens is 397 g/mol. The van der Waals surface area contributed by atoms with E-state index in [2.05, 4.69) is 10.0 Å². The highest BCUT2D eigenvalue weighted by molar-refractivity contribution is 7.92. The van der Waals surface area contributed by atoms with E-state index in [0.717, 1.165) is 12.8 Å². The first kappa shape index (κ1) is 20.2. The zero-order valence-electron chi connectivity index (χ0n) is 14.5. The normalized spacial score (nSPS) is 16.8. The number of carbonyl (C=O) groups excluding carboxylic acids is 1. The number of sulfonamides is 1. The van der Waals surface area contributed by atoms with Crippen molar-refractivity contribution >= 4 is 21.6 Å². The van der Waals surface area contributed by atoms with Gasteiger partial charge in [0, 0.05) is 13.2 Å². The fourth-order valence-electron chi connectivity index (χ4n) is 2.79. The van der Waals surface area contributed by atoms with Gasteiger partial charge in [0.05, 0.1) is 17.4 Å². The van der Waals surface area contributed by atoms with E-state index in [0.29, 0.717) is 18.7 Å². The maximum absolute atomic E-state index is 13.9.